The number of anilines is 2. The van der Waals surface area contributed by atoms with Gasteiger partial charge in [-0.1, -0.05) is 18.2 Å². The summed E-state index contributed by atoms with van der Waals surface area (Å²) in [4.78, 5) is 34.5. The van der Waals surface area contributed by atoms with E-state index in [4.69, 9.17) is 4.74 Å². The highest BCUT2D eigenvalue weighted by Crippen LogP contribution is 2.29. The molecule has 2 aromatic rings. The third-order valence-electron chi connectivity index (χ3n) is 3.46. The average Bonchev–Trinajstić information content (AvgIpc) is 2.64. The van der Waals surface area contributed by atoms with E-state index in [2.05, 4.69) is 10.6 Å². The third-order valence-corrected chi connectivity index (χ3v) is 3.46. The summed E-state index contributed by atoms with van der Waals surface area (Å²) in [5, 5.41) is 5.07. The van der Waals surface area contributed by atoms with Crippen LogP contribution in [0.3, 0.4) is 0 Å². The maximum Gasteiger partial charge on any atom is 0.416 e. The SMILES string of the molecule is CC(=O)Nc1cccc(NC(=O)COC(=O)/C=C/c2ccc(C(F)(F)F)cc2)c1. The van der Waals surface area contributed by atoms with E-state index in [1.807, 2.05) is 0 Å². The molecule has 0 unspecified atom stereocenters. The number of esters is 1. The van der Waals surface area contributed by atoms with Crippen LogP contribution in [0.4, 0.5) is 24.5 Å². The number of halogens is 3. The van der Waals surface area contributed by atoms with E-state index in [1.54, 1.807) is 18.2 Å². The summed E-state index contributed by atoms with van der Waals surface area (Å²) in [5.41, 5.74) is 0.468. The first kappa shape index (κ1) is 21.7. The molecule has 2 N–H and O–H groups in total. The Morgan fingerprint density at radius 2 is 1.62 bits per heavy atom. The molecule has 6 nitrogen and oxygen atoms in total. The smallest absolute Gasteiger partial charge is 0.416 e. The van der Waals surface area contributed by atoms with Crippen molar-refractivity contribution in [2.45, 2.75) is 13.1 Å². The number of amides is 2. The van der Waals surface area contributed by atoms with E-state index >= 15 is 0 Å². The topological polar surface area (TPSA) is 84.5 Å². The summed E-state index contributed by atoms with van der Waals surface area (Å²) in [6.45, 7) is 0.795. The van der Waals surface area contributed by atoms with Crippen molar-refractivity contribution in [1.82, 2.24) is 0 Å². The molecule has 0 spiro atoms. The summed E-state index contributed by atoms with van der Waals surface area (Å²) in [5.74, 6) is -1.68. The molecule has 0 aliphatic heterocycles. The lowest BCUT2D eigenvalue weighted by Gasteiger charge is -2.08. The second-order valence-electron chi connectivity index (χ2n) is 5.87. The fourth-order valence-electron chi connectivity index (χ4n) is 2.21. The number of hydrogen-bond acceptors (Lipinski definition) is 4. The van der Waals surface area contributed by atoms with E-state index in [-0.39, 0.29) is 5.91 Å². The zero-order valence-corrected chi connectivity index (χ0v) is 15.2. The molecule has 2 rings (SSSR count). The van der Waals surface area contributed by atoms with Crippen LogP contribution in [0.15, 0.2) is 54.6 Å². The van der Waals surface area contributed by atoms with Gasteiger partial charge >= 0.3 is 12.1 Å². The highest BCUT2D eigenvalue weighted by Gasteiger charge is 2.29. The standard InChI is InChI=1S/C20H17F3N2O4/c1-13(26)24-16-3-2-4-17(11-16)25-18(27)12-29-19(28)10-7-14-5-8-15(9-6-14)20(21,22)23/h2-11H,12H2,1H3,(H,24,26)(H,25,27)/b10-7+. The number of ether oxygens (including phenoxy) is 1. The number of carbonyl (C=O) groups is 3. The lowest BCUT2D eigenvalue weighted by molar-refractivity contribution is -0.142. The molecule has 0 bridgehead atoms. The largest absolute Gasteiger partial charge is 0.452 e. The molecule has 9 heteroatoms. The Morgan fingerprint density at radius 3 is 2.21 bits per heavy atom. The Hall–Kier alpha value is -3.62. The molecule has 0 heterocycles. The van der Waals surface area contributed by atoms with E-state index in [0.717, 1.165) is 18.2 Å². The molecule has 152 valence electrons. The van der Waals surface area contributed by atoms with Crippen molar-refractivity contribution in [2.75, 3.05) is 17.2 Å². The third kappa shape index (κ3) is 7.49. The minimum absolute atomic E-state index is 0.262. The molecule has 0 atom stereocenters. The van der Waals surface area contributed by atoms with E-state index in [9.17, 15) is 27.6 Å². The quantitative estimate of drug-likeness (QED) is 0.564. The van der Waals surface area contributed by atoms with Gasteiger partial charge in [-0.25, -0.2) is 4.79 Å². The number of carbonyl (C=O) groups excluding carboxylic acids is 3. The van der Waals surface area contributed by atoms with Crippen molar-refractivity contribution in [2.24, 2.45) is 0 Å². The number of benzene rings is 2. The van der Waals surface area contributed by atoms with Crippen LogP contribution in [0.5, 0.6) is 0 Å². The first-order valence-electron chi connectivity index (χ1n) is 8.33. The van der Waals surface area contributed by atoms with Gasteiger partial charge in [0.15, 0.2) is 6.61 Å². The summed E-state index contributed by atoms with van der Waals surface area (Å²) in [7, 11) is 0. The second kappa shape index (κ2) is 9.54. The first-order valence-corrected chi connectivity index (χ1v) is 8.33. The highest BCUT2D eigenvalue weighted by atomic mass is 19.4. The van der Waals surface area contributed by atoms with Gasteiger partial charge in [0.1, 0.15) is 0 Å². The Morgan fingerprint density at radius 1 is 1.00 bits per heavy atom. The predicted molar refractivity (Wildman–Crippen MR) is 101 cm³/mol. The van der Waals surface area contributed by atoms with Gasteiger partial charge in [0.2, 0.25) is 5.91 Å². The van der Waals surface area contributed by atoms with Gasteiger partial charge in [0.05, 0.1) is 5.56 Å². The first-order chi connectivity index (χ1) is 13.6. The number of alkyl halides is 3. The summed E-state index contributed by atoms with van der Waals surface area (Å²) in [6, 6.07) is 10.6. The van der Waals surface area contributed by atoms with Crippen LogP contribution in [0.1, 0.15) is 18.1 Å². The van der Waals surface area contributed by atoms with Crippen molar-refractivity contribution in [3.05, 3.63) is 65.7 Å². The van der Waals surface area contributed by atoms with Gasteiger partial charge in [0.25, 0.3) is 5.91 Å². The summed E-state index contributed by atoms with van der Waals surface area (Å²) in [6.07, 6.45) is -2.15. The molecular weight excluding hydrogens is 389 g/mol. The van der Waals surface area contributed by atoms with Gasteiger partial charge in [-0.05, 0) is 42.0 Å². The Balaban J connectivity index is 1.83. The number of rotatable bonds is 6. The van der Waals surface area contributed by atoms with Gasteiger partial charge in [-0.3, -0.25) is 9.59 Å². The lowest BCUT2D eigenvalue weighted by atomic mass is 10.1. The van der Waals surface area contributed by atoms with Crippen molar-refractivity contribution in [1.29, 1.82) is 0 Å². The second-order valence-corrected chi connectivity index (χ2v) is 5.87. The summed E-state index contributed by atoms with van der Waals surface area (Å²) < 4.78 is 42.3. The van der Waals surface area contributed by atoms with Crippen molar-refractivity contribution in [3.8, 4) is 0 Å². The fourth-order valence-corrected chi connectivity index (χ4v) is 2.21. The molecule has 0 aliphatic rings. The molecule has 0 fully saturated rings. The van der Waals surface area contributed by atoms with Gasteiger partial charge in [-0.15, -0.1) is 0 Å². The predicted octanol–water partition coefficient (Wildman–Crippen LogP) is 3.86. The van der Waals surface area contributed by atoms with Crippen LogP contribution in [0.2, 0.25) is 0 Å². The van der Waals surface area contributed by atoms with Crippen LogP contribution >= 0.6 is 0 Å². The van der Waals surface area contributed by atoms with E-state index in [1.165, 1.54) is 31.2 Å². The molecule has 0 saturated carbocycles. The zero-order valence-electron chi connectivity index (χ0n) is 15.2. The highest BCUT2D eigenvalue weighted by molar-refractivity contribution is 5.95. The van der Waals surface area contributed by atoms with E-state index < -0.39 is 30.2 Å². The average molecular weight is 406 g/mol. The molecule has 2 amide bonds. The fraction of sp³-hybridized carbons (Fsp3) is 0.150. The van der Waals surface area contributed by atoms with Crippen molar-refractivity contribution in [3.63, 3.8) is 0 Å². The van der Waals surface area contributed by atoms with E-state index in [0.29, 0.717) is 16.9 Å². The Kier molecular flexibility index (Phi) is 7.13. The molecule has 29 heavy (non-hydrogen) atoms. The lowest BCUT2D eigenvalue weighted by Crippen LogP contribution is -2.20. The van der Waals surface area contributed by atoms with Gasteiger partial charge in [0, 0.05) is 24.4 Å². The maximum atomic E-state index is 12.5. The molecule has 0 aromatic heterocycles. The minimum atomic E-state index is -4.43. The minimum Gasteiger partial charge on any atom is -0.452 e. The van der Waals surface area contributed by atoms with Crippen LogP contribution in [-0.4, -0.2) is 24.4 Å². The van der Waals surface area contributed by atoms with Crippen LogP contribution in [0.25, 0.3) is 6.08 Å². The summed E-state index contributed by atoms with van der Waals surface area (Å²) >= 11 is 0. The molecule has 0 saturated heterocycles. The maximum absolute atomic E-state index is 12.5. The molecular formula is C20H17F3N2O4. The molecule has 0 aliphatic carbocycles. The van der Waals surface area contributed by atoms with Crippen molar-refractivity contribution >= 4 is 35.2 Å². The van der Waals surface area contributed by atoms with Crippen LogP contribution in [0, 0.1) is 0 Å². The zero-order chi connectivity index (χ0) is 21.4. The van der Waals surface area contributed by atoms with Crippen LogP contribution < -0.4 is 10.6 Å². The Labute approximate surface area is 164 Å². The van der Waals surface area contributed by atoms with Crippen LogP contribution in [-0.2, 0) is 25.3 Å². The molecule has 0 radical (unpaired) electrons. The Bertz CT molecular complexity index is 922. The van der Waals surface area contributed by atoms with Gasteiger partial charge < -0.3 is 15.4 Å². The number of nitrogens with one attached hydrogen (secondary N) is 2. The number of hydrogen-bond donors (Lipinski definition) is 2. The van der Waals surface area contributed by atoms with Crippen molar-refractivity contribution < 1.29 is 32.3 Å². The molecule has 2 aromatic carbocycles. The van der Waals surface area contributed by atoms with Gasteiger partial charge in [-0.2, -0.15) is 13.2 Å². The monoisotopic (exact) mass is 406 g/mol. The normalized spacial score (nSPS) is 11.2.